The number of allylic oxidation sites excluding steroid dienone is 2. The van der Waals surface area contributed by atoms with E-state index < -0.39 is 12.5 Å². The van der Waals surface area contributed by atoms with Gasteiger partial charge in [-0.3, -0.25) is 0 Å². The number of benzene rings is 2. The van der Waals surface area contributed by atoms with Crippen molar-refractivity contribution >= 4 is 25.4 Å². The lowest BCUT2D eigenvalue weighted by Gasteiger charge is -2.21. The summed E-state index contributed by atoms with van der Waals surface area (Å²) < 4.78 is 34.2. The minimum Gasteiger partial charge on any atom is -0.432 e. The van der Waals surface area contributed by atoms with Gasteiger partial charge < -0.3 is 9.64 Å². The highest BCUT2D eigenvalue weighted by Crippen LogP contribution is 2.42. The lowest BCUT2D eigenvalue weighted by Crippen LogP contribution is -2.21. The molecule has 0 saturated heterocycles. The molecule has 2 aromatic carbocycles. The zero-order valence-corrected chi connectivity index (χ0v) is 19.0. The van der Waals surface area contributed by atoms with Gasteiger partial charge in [0.15, 0.2) is 0 Å². The summed E-state index contributed by atoms with van der Waals surface area (Å²) in [5, 5.41) is 5.27. The van der Waals surface area contributed by atoms with E-state index in [1.54, 1.807) is 18.3 Å². The smallest absolute Gasteiger partial charge is 0.402 e. The zero-order chi connectivity index (χ0) is 22.9. The van der Waals surface area contributed by atoms with Crippen LogP contribution in [0.4, 0.5) is 14.5 Å². The summed E-state index contributed by atoms with van der Waals surface area (Å²) in [5.41, 5.74) is 4.73. The van der Waals surface area contributed by atoms with Gasteiger partial charge in [0.2, 0.25) is 0 Å². The van der Waals surface area contributed by atoms with Crippen LogP contribution in [0.15, 0.2) is 79.1 Å². The molecule has 0 aliphatic carbocycles. The Bertz CT molecular complexity index is 1200. The molecule has 4 nitrogen and oxygen atoms in total. The fraction of sp³-hybridized carbons (Fsp3) is 0.200. The Morgan fingerprint density at radius 1 is 1.22 bits per heavy atom. The quantitative estimate of drug-likeness (QED) is 0.403. The molecule has 0 bridgehead atoms. The molecule has 3 aromatic rings. The molecule has 0 amide bonds. The molecule has 0 N–H and O–H groups in total. The average molecular weight is 451 g/mol. The van der Waals surface area contributed by atoms with Crippen molar-refractivity contribution in [2.24, 2.45) is 0 Å². The molecule has 2 heterocycles. The van der Waals surface area contributed by atoms with E-state index in [9.17, 15) is 8.78 Å². The third kappa shape index (κ3) is 4.23. The second kappa shape index (κ2) is 8.71. The highest BCUT2D eigenvalue weighted by molar-refractivity contribution is 7.25. The van der Waals surface area contributed by atoms with Gasteiger partial charge in [-0.1, -0.05) is 37.8 Å². The Morgan fingerprint density at radius 3 is 2.69 bits per heavy atom. The van der Waals surface area contributed by atoms with Gasteiger partial charge in [-0.15, -0.1) is 8.86 Å². The summed E-state index contributed by atoms with van der Waals surface area (Å²) in [5.74, 6) is 0.226. The number of hydrogen-bond acceptors (Lipinski definition) is 3. The number of aromatic nitrogens is 2. The Balaban J connectivity index is 1.62. The summed E-state index contributed by atoms with van der Waals surface area (Å²) in [7, 11) is 5.62. The van der Waals surface area contributed by atoms with Gasteiger partial charge in [0.05, 0.1) is 24.0 Å². The molecule has 1 aliphatic rings. The van der Waals surface area contributed by atoms with Crippen molar-refractivity contribution in [1.82, 2.24) is 9.78 Å². The summed E-state index contributed by atoms with van der Waals surface area (Å²) in [4.78, 5) is 1.85. The Kier molecular flexibility index (Phi) is 5.98. The summed E-state index contributed by atoms with van der Waals surface area (Å²) in [6.07, 6.45) is 0.771. The van der Waals surface area contributed by atoms with Gasteiger partial charge in [-0.05, 0) is 42.3 Å². The fourth-order valence-corrected chi connectivity index (χ4v) is 4.19. The van der Waals surface area contributed by atoms with E-state index in [2.05, 4.69) is 20.5 Å². The van der Waals surface area contributed by atoms with Gasteiger partial charge in [0.1, 0.15) is 5.75 Å². The molecular weight excluding hydrogens is 427 g/mol. The molecule has 0 spiro atoms. The Labute approximate surface area is 188 Å². The van der Waals surface area contributed by atoms with E-state index >= 15 is 0 Å². The molecule has 0 radical (unpaired) electrons. The maximum absolute atomic E-state index is 13.8. The van der Waals surface area contributed by atoms with Gasteiger partial charge in [0.25, 0.3) is 0 Å². The fourth-order valence-electron chi connectivity index (χ4n) is 3.83. The van der Waals surface area contributed by atoms with Crippen molar-refractivity contribution in [3.05, 3.63) is 90.4 Å². The van der Waals surface area contributed by atoms with Crippen LogP contribution in [0.5, 0.6) is 5.75 Å². The van der Waals surface area contributed by atoms with Crippen molar-refractivity contribution < 1.29 is 13.5 Å². The van der Waals surface area contributed by atoms with Crippen LogP contribution in [0.1, 0.15) is 24.6 Å². The number of nitrogens with zero attached hydrogens (tertiary/aromatic N) is 3. The van der Waals surface area contributed by atoms with Gasteiger partial charge in [-0.25, -0.2) is 4.68 Å². The molecule has 1 aromatic heterocycles. The molecular formula is C25H24F2N3OP. The van der Waals surface area contributed by atoms with E-state index in [-0.39, 0.29) is 5.75 Å². The monoisotopic (exact) mass is 451 g/mol. The lowest BCUT2D eigenvalue weighted by atomic mass is 10.0. The molecule has 164 valence electrons. The van der Waals surface area contributed by atoms with Crippen molar-refractivity contribution in [2.75, 3.05) is 11.9 Å². The number of para-hydroxylation sites is 1. The Hall–Kier alpha value is -3.24. The van der Waals surface area contributed by atoms with Crippen LogP contribution in [-0.2, 0) is 6.42 Å². The first-order valence-corrected chi connectivity index (χ1v) is 10.8. The normalized spacial score (nSPS) is 14.6. The van der Waals surface area contributed by atoms with E-state index in [1.807, 2.05) is 72.2 Å². The molecule has 1 aliphatic heterocycles. The van der Waals surface area contributed by atoms with Gasteiger partial charge in [-0.2, -0.15) is 13.9 Å². The minimum atomic E-state index is -3.17. The maximum atomic E-state index is 13.8. The van der Waals surface area contributed by atoms with Crippen molar-refractivity contribution in [3.8, 4) is 11.4 Å². The first kappa shape index (κ1) is 22.0. The summed E-state index contributed by atoms with van der Waals surface area (Å²) >= 11 is 0. The van der Waals surface area contributed by atoms with Crippen LogP contribution in [-0.4, -0.2) is 28.2 Å². The number of alkyl halides is 2. The largest absolute Gasteiger partial charge is 0.432 e. The van der Waals surface area contributed by atoms with Crippen LogP contribution < -0.4 is 9.64 Å². The first-order chi connectivity index (χ1) is 15.3. The van der Waals surface area contributed by atoms with Crippen molar-refractivity contribution in [1.29, 1.82) is 0 Å². The number of halogens is 2. The SMILES string of the molecule is C=C(C(=P)/C(=C\N(C)c1cccc2c1CC(F)(F)O2)CC)c1ccnn1-c1ccccc1. The zero-order valence-electron chi connectivity index (χ0n) is 18.0. The topological polar surface area (TPSA) is 30.3 Å². The van der Waals surface area contributed by atoms with Crippen LogP contribution in [0.3, 0.4) is 0 Å². The van der Waals surface area contributed by atoms with Crippen molar-refractivity contribution in [2.45, 2.75) is 25.9 Å². The third-order valence-corrected chi connectivity index (χ3v) is 6.06. The maximum Gasteiger partial charge on any atom is 0.402 e. The van der Waals surface area contributed by atoms with Crippen LogP contribution in [0, 0.1) is 0 Å². The van der Waals surface area contributed by atoms with Crippen LogP contribution in [0.2, 0.25) is 0 Å². The van der Waals surface area contributed by atoms with Gasteiger partial charge in [0, 0.05) is 35.4 Å². The minimum absolute atomic E-state index is 0.226. The molecule has 7 heteroatoms. The number of fused-ring (bicyclic) bond motifs is 1. The van der Waals surface area contributed by atoms with E-state index in [1.165, 1.54) is 0 Å². The van der Waals surface area contributed by atoms with E-state index in [0.717, 1.165) is 27.8 Å². The number of anilines is 1. The molecule has 0 fully saturated rings. The summed E-state index contributed by atoms with van der Waals surface area (Å²) in [6.45, 7) is 6.32. The van der Waals surface area contributed by atoms with Gasteiger partial charge >= 0.3 is 6.11 Å². The second-order valence-electron chi connectivity index (χ2n) is 7.61. The molecule has 0 saturated carbocycles. The van der Waals surface area contributed by atoms with E-state index in [0.29, 0.717) is 17.7 Å². The van der Waals surface area contributed by atoms with Crippen molar-refractivity contribution in [3.63, 3.8) is 0 Å². The predicted molar refractivity (Wildman–Crippen MR) is 128 cm³/mol. The number of rotatable bonds is 7. The van der Waals surface area contributed by atoms with Crippen LogP contribution >= 0.6 is 8.86 Å². The van der Waals surface area contributed by atoms with Crippen LogP contribution in [0.25, 0.3) is 11.3 Å². The third-order valence-electron chi connectivity index (χ3n) is 5.44. The number of hydrogen-bond donors (Lipinski definition) is 0. The Morgan fingerprint density at radius 2 is 1.97 bits per heavy atom. The summed E-state index contributed by atoms with van der Waals surface area (Å²) in [6, 6.07) is 16.9. The lowest BCUT2D eigenvalue weighted by molar-refractivity contribution is -0.159. The standard InChI is InChI=1S/C25H24F2N3OP/c1-4-18(16-29(3)22-11-8-12-23-20(22)15-25(26,27)31-23)24(32)17(2)21-13-14-28-30(21)19-9-6-5-7-10-19/h5-14,16,32H,2,4,15H2,1,3H3/b18-16-. The first-order valence-electron chi connectivity index (χ1n) is 10.3. The molecule has 0 unspecified atom stereocenters. The highest BCUT2D eigenvalue weighted by Gasteiger charge is 2.41. The van der Waals surface area contributed by atoms with E-state index in [4.69, 9.17) is 4.74 Å². The highest BCUT2D eigenvalue weighted by atomic mass is 31.0. The predicted octanol–water partition coefficient (Wildman–Crippen LogP) is 6.16. The number of ether oxygens (including phenoxy) is 1. The molecule has 0 atom stereocenters. The average Bonchev–Trinajstić information content (AvgIpc) is 3.39. The second-order valence-corrected chi connectivity index (χ2v) is 8.11. The molecule has 4 rings (SSSR count). The molecule has 32 heavy (non-hydrogen) atoms.